The second-order valence-electron chi connectivity index (χ2n) is 7.42. The molecule has 0 aromatic carbocycles. The highest BCUT2D eigenvalue weighted by Crippen LogP contribution is 2.25. The third-order valence-corrected chi connectivity index (χ3v) is 5.65. The van der Waals surface area contributed by atoms with Gasteiger partial charge in [-0.1, -0.05) is 6.92 Å². The average molecular weight is 467 g/mol. The molecule has 6 nitrogen and oxygen atoms in total. The minimum atomic E-state index is 0. The van der Waals surface area contributed by atoms with E-state index in [-0.39, 0.29) is 29.5 Å². The molecule has 148 valence electrons. The Morgan fingerprint density at radius 1 is 1.24 bits per heavy atom. The van der Waals surface area contributed by atoms with Crippen LogP contribution in [-0.4, -0.2) is 87.9 Å². The van der Waals surface area contributed by atoms with Crippen LogP contribution in [-0.2, 0) is 4.74 Å². The Labute approximate surface area is 171 Å². The molecule has 2 aliphatic rings. The zero-order valence-electron chi connectivity index (χ0n) is 16.5. The molecular formula is C18H38IN5O. The SMILES string of the molecule is CCCN1CCC(NC(=NC)NCC2(N(C)C)CCOCC2)CC1.I. The van der Waals surface area contributed by atoms with Crippen LogP contribution >= 0.6 is 24.0 Å². The topological polar surface area (TPSA) is 52.1 Å². The van der Waals surface area contributed by atoms with Crippen molar-refractivity contribution in [1.29, 1.82) is 0 Å². The van der Waals surface area contributed by atoms with Crippen LogP contribution in [0, 0.1) is 0 Å². The third-order valence-electron chi connectivity index (χ3n) is 5.65. The molecule has 0 saturated carbocycles. The van der Waals surface area contributed by atoms with Crippen molar-refractivity contribution in [3.8, 4) is 0 Å². The number of nitrogens with one attached hydrogen (secondary N) is 2. The molecular weight excluding hydrogens is 429 g/mol. The highest BCUT2D eigenvalue weighted by Gasteiger charge is 2.35. The summed E-state index contributed by atoms with van der Waals surface area (Å²) in [6, 6.07) is 0.536. The summed E-state index contributed by atoms with van der Waals surface area (Å²) in [6.07, 6.45) is 5.79. The van der Waals surface area contributed by atoms with E-state index in [1.54, 1.807) is 0 Å². The van der Waals surface area contributed by atoms with Gasteiger partial charge in [-0.05, 0) is 52.7 Å². The van der Waals surface area contributed by atoms with Gasteiger partial charge in [-0.25, -0.2) is 0 Å². The van der Waals surface area contributed by atoms with Crippen LogP contribution in [0.5, 0.6) is 0 Å². The summed E-state index contributed by atoms with van der Waals surface area (Å²) in [5, 5.41) is 7.20. The highest BCUT2D eigenvalue weighted by atomic mass is 127. The van der Waals surface area contributed by atoms with Gasteiger partial charge in [0.25, 0.3) is 0 Å². The first kappa shape index (κ1) is 22.9. The van der Waals surface area contributed by atoms with Crippen molar-refractivity contribution in [1.82, 2.24) is 20.4 Å². The van der Waals surface area contributed by atoms with E-state index in [0.29, 0.717) is 6.04 Å². The number of nitrogens with zero attached hydrogens (tertiary/aromatic N) is 3. The molecule has 2 N–H and O–H groups in total. The Morgan fingerprint density at radius 3 is 2.40 bits per heavy atom. The number of likely N-dealkylation sites (N-methyl/N-ethyl adjacent to an activating group) is 1. The van der Waals surface area contributed by atoms with Gasteiger partial charge < -0.3 is 25.2 Å². The number of guanidine groups is 1. The summed E-state index contributed by atoms with van der Waals surface area (Å²) in [7, 11) is 6.22. The first-order valence-corrected chi connectivity index (χ1v) is 9.54. The molecule has 0 bridgehead atoms. The molecule has 0 atom stereocenters. The maximum Gasteiger partial charge on any atom is 0.191 e. The van der Waals surface area contributed by atoms with Crippen molar-refractivity contribution in [2.45, 2.75) is 50.6 Å². The highest BCUT2D eigenvalue weighted by molar-refractivity contribution is 14.0. The minimum absolute atomic E-state index is 0. The van der Waals surface area contributed by atoms with Crippen molar-refractivity contribution < 1.29 is 4.74 Å². The zero-order chi connectivity index (χ0) is 17.4. The predicted molar refractivity (Wildman–Crippen MR) is 116 cm³/mol. The van der Waals surface area contributed by atoms with Crippen LogP contribution in [0.25, 0.3) is 0 Å². The van der Waals surface area contributed by atoms with E-state index in [2.05, 4.69) is 46.4 Å². The van der Waals surface area contributed by atoms with E-state index in [4.69, 9.17) is 4.74 Å². The number of halogens is 1. The molecule has 0 aromatic heterocycles. The van der Waals surface area contributed by atoms with Gasteiger partial charge in [0, 0.05) is 51.5 Å². The largest absolute Gasteiger partial charge is 0.381 e. The van der Waals surface area contributed by atoms with Crippen LogP contribution in [0.1, 0.15) is 39.0 Å². The maximum absolute atomic E-state index is 5.55. The molecule has 2 aliphatic heterocycles. The Balaban J connectivity index is 0.00000312. The Bertz CT molecular complexity index is 391. The van der Waals surface area contributed by atoms with Crippen molar-refractivity contribution >= 4 is 29.9 Å². The quantitative estimate of drug-likeness (QED) is 0.354. The second kappa shape index (κ2) is 11.6. The summed E-state index contributed by atoms with van der Waals surface area (Å²) in [5.74, 6) is 0.941. The third kappa shape index (κ3) is 6.84. The first-order chi connectivity index (χ1) is 11.6. The monoisotopic (exact) mass is 467 g/mol. The van der Waals surface area contributed by atoms with Crippen molar-refractivity contribution in [3.05, 3.63) is 0 Å². The van der Waals surface area contributed by atoms with Gasteiger partial charge in [0.05, 0.1) is 0 Å². The van der Waals surface area contributed by atoms with E-state index in [9.17, 15) is 0 Å². The van der Waals surface area contributed by atoms with E-state index < -0.39 is 0 Å². The van der Waals surface area contributed by atoms with Gasteiger partial charge in [-0.3, -0.25) is 4.99 Å². The van der Waals surface area contributed by atoms with E-state index in [1.165, 1.54) is 38.9 Å². The Kier molecular flexibility index (Phi) is 10.6. The molecule has 0 unspecified atom stereocenters. The number of likely N-dealkylation sites (tertiary alicyclic amines) is 1. The molecule has 2 heterocycles. The molecule has 0 amide bonds. The number of hydrogen-bond acceptors (Lipinski definition) is 4. The molecule has 2 rings (SSSR count). The van der Waals surface area contributed by atoms with Gasteiger partial charge in [0.2, 0.25) is 0 Å². The molecule has 0 spiro atoms. The van der Waals surface area contributed by atoms with Crippen molar-refractivity contribution in [2.24, 2.45) is 4.99 Å². The maximum atomic E-state index is 5.55. The predicted octanol–water partition coefficient (Wildman–Crippen LogP) is 1.75. The lowest BCUT2D eigenvalue weighted by atomic mass is 9.88. The van der Waals surface area contributed by atoms with Crippen LogP contribution in [0.15, 0.2) is 4.99 Å². The lowest BCUT2D eigenvalue weighted by molar-refractivity contribution is -0.00504. The van der Waals surface area contributed by atoms with Crippen molar-refractivity contribution in [3.63, 3.8) is 0 Å². The lowest BCUT2D eigenvalue weighted by Gasteiger charge is -2.43. The standard InChI is InChI=1S/C18H37N5O.HI/c1-5-10-23-11-6-16(7-12-23)21-17(19-2)20-15-18(22(3)4)8-13-24-14-9-18;/h16H,5-15H2,1-4H3,(H2,19,20,21);1H. The summed E-state index contributed by atoms with van der Waals surface area (Å²) >= 11 is 0. The average Bonchev–Trinajstić information content (AvgIpc) is 2.61. The lowest BCUT2D eigenvalue weighted by Crippen LogP contribution is -2.58. The summed E-state index contributed by atoms with van der Waals surface area (Å²) in [6.45, 7) is 8.49. The van der Waals surface area contributed by atoms with Crippen LogP contribution in [0.4, 0.5) is 0 Å². The smallest absolute Gasteiger partial charge is 0.191 e. The first-order valence-electron chi connectivity index (χ1n) is 9.54. The molecule has 0 radical (unpaired) electrons. The van der Waals surface area contributed by atoms with Gasteiger partial charge in [-0.15, -0.1) is 24.0 Å². The zero-order valence-corrected chi connectivity index (χ0v) is 18.8. The fraction of sp³-hybridized carbons (Fsp3) is 0.944. The molecule has 2 fully saturated rings. The normalized spacial score (nSPS) is 22.5. The summed E-state index contributed by atoms with van der Waals surface area (Å²) in [4.78, 5) is 9.36. The number of aliphatic imine (C=N–C) groups is 1. The minimum Gasteiger partial charge on any atom is -0.381 e. The molecule has 2 saturated heterocycles. The Hall–Kier alpha value is -0.120. The fourth-order valence-corrected chi connectivity index (χ4v) is 3.79. The number of piperidine rings is 1. The van der Waals surface area contributed by atoms with Gasteiger partial charge in [-0.2, -0.15) is 0 Å². The molecule has 0 aromatic rings. The molecule has 7 heteroatoms. The summed E-state index contributed by atoms with van der Waals surface area (Å²) < 4.78 is 5.55. The van der Waals surface area contributed by atoms with Crippen LogP contribution < -0.4 is 10.6 Å². The molecule has 0 aliphatic carbocycles. The van der Waals surface area contributed by atoms with Gasteiger partial charge >= 0.3 is 0 Å². The van der Waals surface area contributed by atoms with Crippen LogP contribution in [0.2, 0.25) is 0 Å². The van der Waals surface area contributed by atoms with Gasteiger partial charge in [0.15, 0.2) is 5.96 Å². The van der Waals surface area contributed by atoms with Gasteiger partial charge in [0.1, 0.15) is 0 Å². The second-order valence-corrected chi connectivity index (χ2v) is 7.42. The Morgan fingerprint density at radius 2 is 1.88 bits per heavy atom. The fourth-order valence-electron chi connectivity index (χ4n) is 3.79. The molecule has 25 heavy (non-hydrogen) atoms. The number of hydrogen-bond donors (Lipinski definition) is 2. The van der Waals surface area contributed by atoms with Crippen molar-refractivity contribution in [2.75, 3.05) is 60.5 Å². The number of ether oxygens (including phenoxy) is 1. The van der Waals surface area contributed by atoms with E-state index in [1.807, 2.05) is 7.05 Å². The van der Waals surface area contributed by atoms with E-state index in [0.717, 1.165) is 38.6 Å². The van der Waals surface area contributed by atoms with Crippen LogP contribution in [0.3, 0.4) is 0 Å². The van der Waals surface area contributed by atoms with E-state index >= 15 is 0 Å². The summed E-state index contributed by atoms with van der Waals surface area (Å²) in [5.41, 5.74) is 0.167. The number of rotatable bonds is 6.